The number of nitrogens with zero attached hydrogens (tertiary/aromatic N) is 1. The SMILES string of the molecule is CC1(C)CCCNC1CNc1ccccn1. The summed E-state index contributed by atoms with van der Waals surface area (Å²) in [6.45, 7) is 6.76. The number of nitrogens with one attached hydrogen (secondary N) is 2. The van der Waals surface area contributed by atoms with E-state index in [-0.39, 0.29) is 0 Å². The summed E-state index contributed by atoms with van der Waals surface area (Å²) in [5.41, 5.74) is 0.375. The molecule has 0 aliphatic carbocycles. The molecule has 1 saturated heterocycles. The van der Waals surface area contributed by atoms with Crippen LogP contribution in [0.1, 0.15) is 26.7 Å². The largest absolute Gasteiger partial charge is 0.368 e. The van der Waals surface area contributed by atoms with E-state index in [1.54, 1.807) is 0 Å². The number of hydrogen-bond acceptors (Lipinski definition) is 3. The monoisotopic (exact) mass is 219 g/mol. The zero-order valence-electron chi connectivity index (χ0n) is 10.2. The van der Waals surface area contributed by atoms with E-state index in [1.807, 2.05) is 24.4 Å². The number of anilines is 1. The van der Waals surface area contributed by atoms with Gasteiger partial charge >= 0.3 is 0 Å². The number of hydrogen-bond donors (Lipinski definition) is 2. The first-order valence-electron chi connectivity index (χ1n) is 6.07. The smallest absolute Gasteiger partial charge is 0.125 e. The van der Waals surface area contributed by atoms with Gasteiger partial charge < -0.3 is 10.6 Å². The Morgan fingerprint density at radius 3 is 3.06 bits per heavy atom. The minimum Gasteiger partial charge on any atom is -0.368 e. The molecule has 1 aliphatic heterocycles. The van der Waals surface area contributed by atoms with Crippen LogP contribution in [0.5, 0.6) is 0 Å². The van der Waals surface area contributed by atoms with Crippen molar-refractivity contribution >= 4 is 5.82 Å². The molecule has 1 atom stereocenters. The van der Waals surface area contributed by atoms with Gasteiger partial charge in [-0.2, -0.15) is 0 Å². The predicted octanol–water partition coefficient (Wildman–Crippen LogP) is 2.27. The molecule has 1 aromatic heterocycles. The highest BCUT2D eigenvalue weighted by molar-refractivity contribution is 5.33. The van der Waals surface area contributed by atoms with E-state index in [0.717, 1.165) is 18.9 Å². The molecule has 2 N–H and O–H groups in total. The summed E-state index contributed by atoms with van der Waals surface area (Å²) < 4.78 is 0. The second-order valence-electron chi connectivity index (χ2n) is 5.19. The second-order valence-corrected chi connectivity index (χ2v) is 5.19. The maximum absolute atomic E-state index is 4.27. The molecule has 1 aliphatic rings. The highest BCUT2D eigenvalue weighted by atomic mass is 15.0. The fourth-order valence-electron chi connectivity index (χ4n) is 2.29. The van der Waals surface area contributed by atoms with E-state index in [2.05, 4.69) is 29.5 Å². The molecule has 0 amide bonds. The molecule has 0 radical (unpaired) electrons. The summed E-state index contributed by atoms with van der Waals surface area (Å²) in [4.78, 5) is 4.27. The van der Waals surface area contributed by atoms with Crippen molar-refractivity contribution in [3.63, 3.8) is 0 Å². The summed E-state index contributed by atoms with van der Waals surface area (Å²) in [7, 11) is 0. The molecule has 88 valence electrons. The van der Waals surface area contributed by atoms with Gasteiger partial charge in [0, 0.05) is 18.8 Å². The molecule has 2 rings (SSSR count). The van der Waals surface area contributed by atoms with Crippen LogP contribution in [0.15, 0.2) is 24.4 Å². The third-order valence-corrected chi connectivity index (χ3v) is 3.48. The van der Waals surface area contributed by atoms with Crippen molar-refractivity contribution in [3.05, 3.63) is 24.4 Å². The Morgan fingerprint density at radius 1 is 1.50 bits per heavy atom. The lowest BCUT2D eigenvalue weighted by molar-refractivity contribution is 0.188. The van der Waals surface area contributed by atoms with Crippen molar-refractivity contribution in [2.24, 2.45) is 5.41 Å². The first-order valence-corrected chi connectivity index (χ1v) is 6.07. The maximum Gasteiger partial charge on any atom is 0.125 e. The summed E-state index contributed by atoms with van der Waals surface area (Å²) in [6, 6.07) is 6.49. The Hall–Kier alpha value is -1.09. The third-order valence-electron chi connectivity index (χ3n) is 3.48. The molecular weight excluding hydrogens is 198 g/mol. The van der Waals surface area contributed by atoms with Crippen molar-refractivity contribution in [2.45, 2.75) is 32.7 Å². The molecule has 1 unspecified atom stereocenters. The van der Waals surface area contributed by atoms with Crippen LogP contribution in [0.3, 0.4) is 0 Å². The van der Waals surface area contributed by atoms with Crippen LogP contribution in [0.2, 0.25) is 0 Å². The molecule has 1 fully saturated rings. The quantitative estimate of drug-likeness (QED) is 0.819. The Labute approximate surface area is 97.7 Å². The number of piperidine rings is 1. The van der Waals surface area contributed by atoms with Gasteiger partial charge in [-0.05, 0) is 36.9 Å². The van der Waals surface area contributed by atoms with Crippen LogP contribution in [-0.4, -0.2) is 24.1 Å². The molecule has 3 heteroatoms. The molecule has 0 saturated carbocycles. The van der Waals surface area contributed by atoms with Gasteiger partial charge in [-0.25, -0.2) is 4.98 Å². The molecule has 2 heterocycles. The highest BCUT2D eigenvalue weighted by Gasteiger charge is 2.31. The lowest BCUT2D eigenvalue weighted by Crippen LogP contribution is -2.50. The van der Waals surface area contributed by atoms with Crippen molar-refractivity contribution in [1.82, 2.24) is 10.3 Å². The van der Waals surface area contributed by atoms with Crippen molar-refractivity contribution < 1.29 is 0 Å². The highest BCUT2D eigenvalue weighted by Crippen LogP contribution is 2.29. The van der Waals surface area contributed by atoms with Gasteiger partial charge in [0.05, 0.1) is 0 Å². The van der Waals surface area contributed by atoms with Gasteiger partial charge in [0.25, 0.3) is 0 Å². The van der Waals surface area contributed by atoms with Crippen LogP contribution in [-0.2, 0) is 0 Å². The lowest BCUT2D eigenvalue weighted by atomic mass is 9.77. The van der Waals surface area contributed by atoms with Gasteiger partial charge in [-0.3, -0.25) is 0 Å². The number of pyridine rings is 1. The fourth-order valence-corrected chi connectivity index (χ4v) is 2.29. The van der Waals surface area contributed by atoms with Gasteiger partial charge in [-0.15, -0.1) is 0 Å². The van der Waals surface area contributed by atoms with Gasteiger partial charge in [0.15, 0.2) is 0 Å². The van der Waals surface area contributed by atoms with E-state index < -0.39 is 0 Å². The Bertz CT molecular complexity index is 321. The Morgan fingerprint density at radius 2 is 2.38 bits per heavy atom. The first-order chi connectivity index (χ1) is 7.68. The minimum atomic E-state index is 0.375. The number of rotatable bonds is 3. The predicted molar refractivity (Wildman–Crippen MR) is 67.5 cm³/mol. The summed E-state index contributed by atoms with van der Waals surface area (Å²) in [5, 5.41) is 6.99. The van der Waals surface area contributed by atoms with Crippen molar-refractivity contribution in [3.8, 4) is 0 Å². The molecule has 3 nitrogen and oxygen atoms in total. The average molecular weight is 219 g/mol. The van der Waals surface area contributed by atoms with Crippen LogP contribution < -0.4 is 10.6 Å². The Kier molecular flexibility index (Phi) is 3.44. The van der Waals surface area contributed by atoms with E-state index in [0.29, 0.717) is 11.5 Å². The second kappa shape index (κ2) is 4.83. The van der Waals surface area contributed by atoms with E-state index in [9.17, 15) is 0 Å². The average Bonchev–Trinajstić information content (AvgIpc) is 2.28. The molecular formula is C13H21N3. The maximum atomic E-state index is 4.27. The topological polar surface area (TPSA) is 37.0 Å². The van der Waals surface area contributed by atoms with Crippen molar-refractivity contribution in [1.29, 1.82) is 0 Å². The van der Waals surface area contributed by atoms with E-state index in [4.69, 9.17) is 0 Å². The molecule has 16 heavy (non-hydrogen) atoms. The van der Waals surface area contributed by atoms with Crippen LogP contribution in [0.4, 0.5) is 5.82 Å². The lowest BCUT2D eigenvalue weighted by Gasteiger charge is -2.39. The van der Waals surface area contributed by atoms with Crippen molar-refractivity contribution in [2.75, 3.05) is 18.4 Å². The first kappa shape index (κ1) is 11.4. The molecule has 0 bridgehead atoms. The zero-order chi connectivity index (χ0) is 11.4. The minimum absolute atomic E-state index is 0.375. The van der Waals surface area contributed by atoms with Gasteiger partial charge in [0.1, 0.15) is 5.82 Å². The van der Waals surface area contributed by atoms with E-state index >= 15 is 0 Å². The standard InChI is InChI=1S/C13H21N3/c1-13(2)7-5-9-14-11(13)10-16-12-6-3-4-8-15-12/h3-4,6,8,11,14H,5,7,9-10H2,1-2H3,(H,15,16). The summed E-state index contributed by atoms with van der Waals surface area (Å²) in [5.74, 6) is 0.964. The Balaban J connectivity index is 1.90. The number of aromatic nitrogens is 1. The van der Waals surface area contributed by atoms with Crippen LogP contribution in [0, 0.1) is 5.41 Å². The molecule has 0 spiro atoms. The van der Waals surface area contributed by atoms with Crippen LogP contribution >= 0.6 is 0 Å². The van der Waals surface area contributed by atoms with Gasteiger partial charge in [-0.1, -0.05) is 19.9 Å². The normalized spacial score (nSPS) is 24.0. The van der Waals surface area contributed by atoms with Crippen LogP contribution in [0.25, 0.3) is 0 Å². The van der Waals surface area contributed by atoms with Gasteiger partial charge in [0.2, 0.25) is 0 Å². The summed E-state index contributed by atoms with van der Waals surface area (Å²) >= 11 is 0. The third kappa shape index (κ3) is 2.73. The molecule has 0 aromatic carbocycles. The molecule has 1 aromatic rings. The fraction of sp³-hybridized carbons (Fsp3) is 0.615. The summed E-state index contributed by atoms with van der Waals surface area (Å²) in [6.07, 6.45) is 4.41. The van der Waals surface area contributed by atoms with E-state index in [1.165, 1.54) is 12.8 Å². The zero-order valence-corrected chi connectivity index (χ0v) is 10.2.